The van der Waals surface area contributed by atoms with E-state index in [1.165, 1.54) is 0 Å². The summed E-state index contributed by atoms with van der Waals surface area (Å²) in [6.07, 6.45) is 5.61. The Bertz CT molecular complexity index is 490. The van der Waals surface area contributed by atoms with Gasteiger partial charge in [-0.15, -0.1) is 0 Å². The number of aromatic nitrogens is 2. The van der Waals surface area contributed by atoms with Crippen molar-refractivity contribution < 1.29 is 14.8 Å². The highest BCUT2D eigenvalue weighted by molar-refractivity contribution is 6.59. The number of piperidine rings is 1. The Morgan fingerprint density at radius 3 is 2.41 bits per heavy atom. The number of aliphatic hydroxyl groups is 1. The predicted molar refractivity (Wildman–Crippen MR) is 87.1 cm³/mol. The van der Waals surface area contributed by atoms with Crippen molar-refractivity contribution in [2.24, 2.45) is 0 Å². The molecule has 22 heavy (non-hydrogen) atoms. The van der Waals surface area contributed by atoms with Crippen molar-refractivity contribution in [1.82, 2.24) is 14.7 Å². The minimum absolute atomic E-state index is 0.374. The fourth-order valence-electron chi connectivity index (χ4n) is 2.43. The Kier molecular flexibility index (Phi) is 5.01. The standard InChI is InChI=1S/C15H28BN3O3/c1-14(2,20)15(3,4)22-16(21)12-10-17-19(11-12)13-6-8-18(5)9-7-13/h10-11,13,20-21H,6-9H2,1-5H3. The third kappa shape index (κ3) is 3.90. The van der Waals surface area contributed by atoms with Crippen LogP contribution >= 0.6 is 0 Å². The fourth-order valence-corrected chi connectivity index (χ4v) is 2.43. The van der Waals surface area contributed by atoms with Crippen LogP contribution < -0.4 is 5.46 Å². The molecule has 6 nitrogen and oxygen atoms in total. The van der Waals surface area contributed by atoms with E-state index in [1.807, 2.05) is 10.9 Å². The van der Waals surface area contributed by atoms with Crippen LogP contribution in [-0.2, 0) is 4.65 Å². The third-order valence-electron chi connectivity index (χ3n) is 4.85. The molecule has 1 aromatic heterocycles. The zero-order valence-corrected chi connectivity index (χ0v) is 14.3. The van der Waals surface area contributed by atoms with E-state index >= 15 is 0 Å². The Morgan fingerprint density at radius 2 is 1.86 bits per heavy atom. The molecule has 1 fully saturated rings. The molecule has 0 atom stereocenters. The minimum atomic E-state index is -1.10. The predicted octanol–water partition coefficient (Wildman–Crippen LogP) is 0.403. The van der Waals surface area contributed by atoms with Gasteiger partial charge in [0.15, 0.2) is 0 Å². The summed E-state index contributed by atoms with van der Waals surface area (Å²) >= 11 is 0. The average Bonchev–Trinajstić information content (AvgIpc) is 2.87. The molecule has 0 radical (unpaired) electrons. The molecule has 0 unspecified atom stereocenters. The van der Waals surface area contributed by atoms with Gasteiger partial charge in [0.05, 0.1) is 17.2 Å². The van der Waals surface area contributed by atoms with Crippen molar-refractivity contribution >= 4 is 12.6 Å². The normalized spacial score (nSPS) is 18.7. The lowest BCUT2D eigenvalue weighted by Gasteiger charge is -2.38. The van der Waals surface area contributed by atoms with Crippen molar-refractivity contribution in [1.29, 1.82) is 0 Å². The van der Waals surface area contributed by atoms with Gasteiger partial charge in [0.1, 0.15) is 0 Å². The van der Waals surface area contributed by atoms with Gasteiger partial charge in [0, 0.05) is 17.9 Å². The van der Waals surface area contributed by atoms with E-state index in [4.69, 9.17) is 4.65 Å². The van der Waals surface area contributed by atoms with Crippen LogP contribution in [0, 0.1) is 0 Å². The molecule has 0 bridgehead atoms. The largest absolute Gasteiger partial charge is 0.494 e. The maximum Gasteiger partial charge on any atom is 0.494 e. The number of hydrogen-bond donors (Lipinski definition) is 2. The highest BCUT2D eigenvalue weighted by atomic mass is 16.5. The molecule has 0 saturated carbocycles. The SMILES string of the molecule is CN1CCC(n2cc(B(O)OC(C)(C)C(C)(C)O)cn2)CC1. The van der Waals surface area contributed by atoms with E-state index in [-0.39, 0.29) is 0 Å². The number of nitrogens with zero attached hydrogens (tertiary/aromatic N) is 3. The summed E-state index contributed by atoms with van der Waals surface area (Å²) in [7, 11) is 1.03. The van der Waals surface area contributed by atoms with Gasteiger partial charge in [-0.2, -0.15) is 5.10 Å². The first kappa shape index (κ1) is 17.5. The molecule has 124 valence electrons. The van der Waals surface area contributed by atoms with Crippen LogP contribution in [0.4, 0.5) is 0 Å². The first-order chi connectivity index (χ1) is 10.1. The zero-order chi connectivity index (χ0) is 16.5. The summed E-state index contributed by atoms with van der Waals surface area (Å²) in [5, 5.41) is 24.8. The number of hydrogen-bond acceptors (Lipinski definition) is 5. The summed E-state index contributed by atoms with van der Waals surface area (Å²) in [5.41, 5.74) is -1.31. The van der Waals surface area contributed by atoms with Gasteiger partial charge in [0.25, 0.3) is 0 Å². The lowest BCUT2D eigenvalue weighted by Crippen LogP contribution is -2.53. The number of rotatable bonds is 5. The summed E-state index contributed by atoms with van der Waals surface area (Å²) < 4.78 is 7.57. The van der Waals surface area contributed by atoms with E-state index in [0.29, 0.717) is 11.5 Å². The molecule has 0 spiro atoms. The maximum atomic E-state index is 10.3. The van der Waals surface area contributed by atoms with Gasteiger partial charge >= 0.3 is 7.12 Å². The van der Waals surface area contributed by atoms with Crippen LogP contribution in [0.2, 0.25) is 0 Å². The molecule has 2 heterocycles. The van der Waals surface area contributed by atoms with Crippen LogP contribution in [0.5, 0.6) is 0 Å². The van der Waals surface area contributed by atoms with Gasteiger partial charge in [0.2, 0.25) is 0 Å². The van der Waals surface area contributed by atoms with Gasteiger partial charge in [-0.05, 0) is 60.7 Å². The van der Waals surface area contributed by atoms with Crippen LogP contribution in [0.1, 0.15) is 46.6 Å². The molecular formula is C15H28BN3O3. The van der Waals surface area contributed by atoms with Crippen molar-refractivity contribution in [2.45, 2.75) is 57.8 Å². The molecule has 0 aliphatic carbocycles. The Labute approximate surface area is 133 Å². The second-order valence-corrected chi connectivity index (χ2v) is 7.33. The molecule has 7 heteroatoms. The summed E-state index contributed by atoms with van der Waals surface area (Å²) in [6.45, 7) is 8.98. The van der Waals surface area contributed by atoms with Crippen molar-refractivity contribution in [3.63, 3.8) is 0 Å². The van der Waals surface area contributed by atoms with E-state index in [2.05, 4.69) is 17.0 Å². The highest BCUT2D eigenvalue weighted by Gasteiger charge is 2.40. The van der Waals surface area contributed by atoms with Gasteiger partial charge < -0.3 is 19.7 Å². The zero-order valence-electron chi connectivity index (χ0n) is 14.3. The summed E-state index contributed by atoms with van der Waals surface area (Å²) in [4.78, 5) is 2.31. The lowest BCUT2D eigenvalue weighted by atomic mass is 9.78. The molecule has 2 rings (SSSR count). The summed E-state index contributed by atoms with van der Waals surface area (Å²) in [6, 6.07) is 0.374. The molecule has 1 saturated heterocycles. The smallest absolute Gasteiger partial charge is 0.423 e. The van der Waals surface area contributed by atoms with Crippen molar-refractivity contribution in [3.8, 4) is 0 Å². The molecular weight excluding hydrogens is 281 g/mol. The van der Waals surface area contributed by atoms with Crippen molar-refractivity contribution in [2.75, 3.05) is 20.1 Å². The van der Waals surface area contributed by atoms with Crippen molar-refractivity contribution in [3.05, 3.63) is 12.4 Å². The van der Waals surface area contributed by atoms with Crippen LogP contribution in [-0.4, -0.2) is 63.3 Å². The molecule has 1 aliphatic rings. The fraction of sp³-hybridized carbons (Fsp3) is 0.800. The van der Waals surface area contributed by atoms with Gasteiger partial charge in [-0.3, -0.25) is 4.68 Å². The second-order valence-electron chi connectivity index (χ2n) is 7.33. The lowest BCUT2D eigenvalue weighted by molar-refractivity contribution is -0.0982. The third-order valence-corrected chi connectivity index (χ3v) is 4.85. The van der Waals surface area contributed by atoms with E-state index < -0.39 is 18.3 Å². The molecule has 0 aromatic carbocycles. The Balaban J connectivity index is 2.02. The van der Waals surface area contributed by atoms with E-state index in [9.17, 15) is 10.1 Å². The summed E-state index contributed by atoms with van der Waals surface area (Å²) in [5.74, 6) is 0. The van der Waals surface area contributed by atoms with Gasteiger partial charge in [-0.1, -0.05) is 0 Å². The quantitative estimate of drug-likeness (QED) is 0.771. The van der Waals surface area contributed by atoms with Crippen LogP contribution in [0.15, 0.2) is 12.4 Å². The van der Waals surface area contributed by atoms with Crippen LogP contribution in [0.25, 0.3) is 0 Å². The minimum Gasteiger partial charge on any atom is -0.423 e. The topological polar surface area (TPSA) is 70.8 Å². The monoisotopic (exact) mass is 309 g/mol. The van der Waals surface area contributed by atoms with E-state index in [1.54, 1.807) is 33.9 Å². The molecule has 1 aromatic rings. The molecule has 0 amide bonds. The Hall–Kier alpha value is -0.885. The molecule has 2 N–H and O–H groups in total. The van der Waals surface area contributed by atoms with Crippen LogP contribution in [0.3, 0.4) is 0 Å². The second kappa shape index (κ2) is 6.32. The maximum absolute atomic E-state index is 10.3. The number of likely N-dealkylation sites (tertiary alicyclic amines) is 1. The van der Waals surface area contributed by atoms with Gasteiger partial charge in [-0.25, -0.2) is 0 Å². The first-order valence-electron chi connectivity index (χ1n) is 7.91. The average molecular weight is 309 g/mol. The first-order valence-corrected chi connectivity index (χ1v) is 7.91. The highest BCUT2D eigenvalue weighted by Crippen LogP contribution is 2.25. The van der Waals surface area contributed by atoms with E-state index in [0.717, 1.165) is 25.9 Å². The molecule has 1 aliphatic heterocycles. The Morgan fingerprint density at radius 1 is 1.27 bits per heavy atom.